The number of alkyl halides is 3. The standard InChI is InChI=1S/C20H16F3N/c21-20(22,23)17-11-13-18(14-12-17)24-19(15-7-3-1-4-8-15)16-9-5-2-6-10-16/h1-14,19,24H. The molecule has 0 aliphatic carbocycles. The van der Waals surface area contributed by atoms with Crippen LogP contribution in [-0.4, -0.2) is 0 Å². The highest BCUT2D eigenvalue weighted by Gasteiger charge is 2.30. The number of anilines is 1. The molecule has 0 unspecified atom stereocenters. The van der Waals surface area contributed by atoms with E-state index in [0.717, 1.165) is 23.3 Å². The molecule has 0 spiro atoms. The monoisotopic (exact) mass is 327 g/mol. The summed E-state index contributed by atoms with van der Waals surface area (Å²) in [5.74, 6) is 0. The lowest BCUT2D eigenvalue weighted by molar-refractivity contribution is -0.137. The molecule has 0 radical (unpaired) electrons. The van der Waals surface area contributed by atoms with E-state index in [9.17, 15) is 13.2 Å². The second-order valence-corrected chi connectivity index (χ2v) is 5.47. The van der Waals surface area contributed by atoms with Crippen molar-refractivity contribution >= 4 is 5.69 Å². The summed E-state index contributed by atoms with van der Waals surface area (Å²) in [5.41, 5.74) is 2.08. The summed E-state index contributed by atoms with van der Waals surface area (Å²) in [6.07, 6.45) is -4.32. The lowest BCUT2D eigenvalue weighted by atomic mass is 9.98. The fourth-order valence-corrected chi connectivity index (χ4v) is 2.57. The van der Waals surface area contributed by atoms with Gasteiger partial charge in [-0.05, 0) is 35.4 Å². The Morgan fingerprint density at radius 3 is 1.50 bits per heavy atom. The van der Waals surface area contributed by atoms with Crippen LogP contribution >= 0.6 is 0 Å². The summed E-state index contributed by atoms with van der Waals surface area (Å²) in [6, 6.07) is 24.6. The first-order chi connectivity index (χ1) is 11.5. The molecule has 122 valence electrons. The molecule has 3 rings (SSSR count). The van der Waals surface area contributed by atoms with E-state index in [1.54, 1.807) is 0 Å². The third kappa shape index (κ3) is 3.77. The topological polar surface area (TPSA) is 12.0 Å². The maximum Gasteiger partial charge on any atom is 0.416 e. The molecule has 1 nitrogen and oxygen atoms in total. The number of benzene rings is 3. The molecule has 0 saturated heterocycles. The smallest absolute Gasteiger partial charge is 0.374 e. The van der Waals surface area contributed by atoms with Crippen LogP contribution in [0.3, 0.4) is 0 Å². The van der Waals surface area contributed by atoms with E-state index < -0.39 is 11.7 Å². The SMILES string of the molecule is FC(F)(F)c1ccc(NC(c2ccccc2)c2ccccc2)cc1. The van der Waals surface area contributed by atoms with Crippen molar-refractivity contribution in [1.82, 2.24) is 0 Å². The van der Waals surface area contributed by atoms with Gasteiger partial charge >= 0.3 is 6.18 Å². The minimum Gasteiger partial charge on any atom is -0.374 e. The zero-order valence-electron chi connectivity index (χ0n) is 12.8. The van der Waals surface area contributed by atoms with Crippen molar-refractivity contribution in [3.63, 3.8) is 0 Å². The number of rotatable bonds is 4. The van der Waals surface area contributed by atoms with Crippen molar-refractivity contribution < 1.29 is 13.2 Å². The third-order valence-electron chi connectivity index (χ3n) is 3.79. The van der Waals surface area contributed by atoms with Crippen molar-refractivity contribution in [1.29, 1.82) is 0 Å². The lowest BCUT2D eigenvalue weighted by Gasteiger charge is -2.21. The Morgan fingerprint density at radius 1 is 0.625 bits per heavy atom. The van der Waals surface area contributed by atoms with Crippen LogP contribution in [0.4, 0.5) is 18.9 Å². The Labute approximate surface area is 138 Å². The molecule has 0 aliphatic heterocycles. The van der Waals surface area contributed by atoms with E-state index in [0.29, 0.717) is 5.69 Å². The summed E-state index contributed by atoms with van der Waals surface area (Å²) in [5, 5.41) is 3.32. The maximum absolute atomic E-state index is 12.7. The molecule has 0 bridgehead atoms. The third-order valence-corrected chi connectivity index (χ3v) is 3.79. The summed E-state index contributed by atoms with van der Waals surface area (Å²) < 4.78 is 38.1. The summed E-state index contributed by atoms with van der Waals surface area (Å²) in [6.45, 7) is 0. The minimum atomic E-state index is -4.32. The predicted octanol–water partition coefficient (Wildman–Crippen LogP) is 5.91. The highest BCUT2D eigenvalue weighted by molar-refractivity contribution is 5.50. The van der Waals surface area contributed by atoms with E-state index >= 15 is 0 Å². The first kappa shape index (κ1) is 16.1. The van der Waals surface area contributed by atoms with Crippen LogP contribution in [0.25, 0.3) is 0 Å². The minimum absolute atomic E-state index is 0.135. The van der Waals surface area contributed by atoms with E-state index in [1.165, 1.54) is 12.1 Å². The van der Waals surface area contributed by atoms with Crippen LogP contribution in [0.2, 0.25) is 0 Å². The van der Waals surface area contributed by atoms with Crippen molar-refractivity contribution in [3.8, 4) is 0 Å². The van der Waals surface area contributed by atoms with Gasteiger partial charge in [-0.1, -0.05) is 60.7 Å². The molecule has 0 atom stereocenters. The number of hydrogen-bond donors (Lipinski definition) is 1. The van der Waals surface area contributed by atoms with Gasteiger partial charge in [-0.15, -0.1) is 0 Å². The molecule has 0 heterocycles. The average molecular weight is 327 g/mol. The van der Waals surface area contributed by atoms with Crippen molar-refractivity contribution in [2.24, 2.45) is 0 Å². The van der Waals surface area contributed by atoms with Gasteiger partial charge in [0, 0.05) is 5.69 Å². The van der Waals surface area contributed by atoms with Crippen LogP contribution in [-0.2, 0) is 6.18 Å². The van der Waals surface area contributed by atoms with E-state index in [1.807, 2.05) is 60.7 Å². The van der Waals surface area contributed by atoms with Crippen LogP contribution in [0.1, 0.15) is 22.7 Å². The molecule has 3 aromatic carbocycles. The second-order valence-electron chi connectivity index (χ2n) is 5.47. The molecule has 0 saturated carbocycles. The fraction of sp³-hybridized carbons (Fsp3) is 0.100. The van der Waals surface area contributed by atoms with Crippen molar-refractivity contribution in [2.45, 2.75) is 12.2 Å². The van der Waals surface area contributed by atoms with Crippen LogP contribution in [0.5, 0.6) is 0 Å². The molecular weight excluding hydrogens is 311 g/mol. The number of halogens is 3. The molecule has 0 amide bonds. The maximum atomic E-state index is 12.7. The lowest BCUT2D eigenvalue weighted by Crippen LogP contribution is -2.12. The van der Waals surface area contributed by atoms with Gasteiger partial charge in [0.1, 0.15) is 0 Å². The molecule has 0 aromatic heterocycles. The molecule has 24 heavy (non-hydrogen) atoms. The van der Waals surface area contributed by atoms with Gasteiger partial charge < -0.3 is 5.32 Å². The molecule has 3 aromatic rings. The van der Waals surface area contributed by atoms with Crippen molar-refractivity contribution in [3.05, 3.63) is 102 Å². The van der Waals surface area contributed by atoms with Gasteiger partial charge in [-0.25, -0.2) is 0 Å². The zero-order valence-corrected chi connectivity index (χ0v) is 12.8. The fourth-order valence-electron chi connectivity index (χ4n) is 2.57. The summed E-state index contributed by atoms with van der Waals surface area (Å²) in [7, 11) is 0. The molecule has 1 N–H and O–H groups in total. The Morgan fingerprint density at radius 2 is 1.08 bits per heavy atom. The number of hydrogen-bond acceptors (Lipinski definition) is 1. The highest BCUT2D eigenvalue weighted by Crippen LogP contribution is 2.31. The van der Waals surface area contributed by atoms with Crippen LogP contribution < -0.4 is 5.32 Å². The van der Waals surface area contributed by atoms with Gasteiger partial charge in [0.05, 0.1) is 11.6 Å². The van der Waals surface area contributed by atoms with Crippen LogP contribution in [0.15, 0.2) is 84.9 Å². The second kappa shape index (κ2) is 6.79. The average Bonchev–Trinajstić information content (AvgIpc) is 2.61. The van der Waals surface area contributed by atoms with Gasteiger partial charge in [0.25, 0.3) is 0 Å². The van der Waals surface area contributed by atoms with Gasteiger partial charge in [0.15, 0.2) is 0 Å². The number of nitrogens with one attached hydrogen (secondary N) is 1. The molecular formula is C20H16F3N. The molecule has 0 aliphatic rings. The summed E-state index contributed by atoms with van der Waals surface area (Å²) in [4.78, 5) is 0. The molecule has 4 heteroatoms. The predicted molar refractivity (Wildman–Crippen MR) is 89.8 cm³/mol. The Kier molecular flexibility index (Phi) is 4.56. The Hall–Kier alpha value is -2.75. The van der Waals surface area contributed by atoms with E-state index in [2.05, 4.69) is 5.32 Å². The van der Waals surface area contributed by atoms with E-state index in [4.69, 9.17) is 0 Å². The largest absolute Gasteiger partial charge is 0.416 e. The highest BCUT2D eigenvalue weighted by atomic mass is 19.4. The quantitative estimate of drug-likeness (QED) is 0.628. The normalized spacial score (nSPS) is 11.5. The first-order valence-corrected chi connectivity index (χ1v) is 7.58. The first-order valence-electron chi connectivity index (χ1n) is 7.58. The Balaban J connectivity index is 1.90. The summed E-state index contributed by atoms with van der Waals surface area (Å²) >= 11 is 0. The molecule has 0 fully saturated rings. The van der Waals surface area contributed by atoms with Crippen LogP contribution in [0, 0.1) is 0 Å². The Bertz CT molecular complexity index is 726. The zero-order chi connectivity index (χ0) is 17.0. The van der Waals surface area contributed by atoms with Gasteiger partial charge in [0.2, 0.25) is 0 Å². The van der Waals surface area contributed by atoms with E-state index in [-0.39, 0.29) is 6.04 Å². The van der Waals surface area contributed by atoms with Gasteiger partial charge in [-0.2, -0.15) is 13.2 Å². The van der Waals surface area contributed by atoms with Crippen molar-refractivity contribution in [2.75, 3.05) is 5.32 Å². The van der Waals surface area contributed by atoms with Gasteiger partial charge in [-0.3, -0.25) is 0 Å².